The Kier molecular flexibility index (Phi) is 5.63. The molecule has 1 saturated heterocycles. The van der Waals surface area contributed by atoms with Gasteiger partial charge in [-0.3, -0.25) is 9.80 Å². The maximum Gasteiger partial charge on any atom is 0.159 e. The van der Waals surface area contributed by atoms with Gasteiger partial charge in [0.05, 0.1) is 6.10 Å². The smallest absolute Gasteiger partial charge is 0.159 e. The third-order valence-electron chi connectivity index (χ3n) is 4.54. The van der Waals surface area contributed by atoms with E-state index in [9.17, 15) is 19.0 Å². The quantitative estimate of drug-likeness (QED) is 0.872. The van der Waals surface area contributed by atoms with Gasteiger partial charge in [-0.25, -0.2) is 8.78 Å². The first-order valence-electron chi connectivity index (χ1n) is 8.37. The molecule has 0 spiro atoms. The van der Waals surface area contributed by atoms with E-state index in [-0.39, 0.29) is 5.75 Å². The summed E-state index contributed by atoms with van der Waals surface area (Å²) in [5.74, 6) is -1.57. The predicted molar refractivity (Wildman–Crippen MR) is 91.1 cm³/mol. The van der Waals surface area contributed by atoms with Crippen molar-refractivity contribution in [2.75, 3.05) is 32.7 Å². The summed E-state index contributed by atoms with van der Waals surface area (Å²) in [4.78, 5) is 4.40. The minimum absolute atomic E-state index is 0.269. The summed E-state index contributed by atoms with van der Waals surface area (Å²) in [7, 11) is 0. The molecule has 1 aliphatic rings. The van der Waals surface area contributed by atoms with Gasteiger partial charge in [-0.15, -0.1) is 0 Å². The lowest BCUT2D eigenvalue weighted by Crippen LogP contribution is -2.47. The second-order valence-electron chi connectivity index (χ2n) is 6.44. The number of halogens is 2. The summed E-state index contributed by atoms with van der Waals surface area (Å²) in [5, 5.41) is 19.8. The van der Waals surface area contributed by atoms with Crippen LogP contribution >= 0.6 is 0 Å². The number of rotatable bonds is 5. The highest BCUT2D eigenvalue weighted by Crippen LogP contribution is 2.19. The topological polar surface area (TPSA) is 46.9 Å². The molecular weight excluding hydrogens is 326 g/mol. The van der Waals surface area contributed by atoms with Crippen molar-refractivity contribution in [1.29, 1.82) is 0 Å². The molecule has 1 heterocycles. The highest BCUT2D eigenvalue weighted by molar-refractivity contribution is 5.27. The van der Waals surface area contributed by atoms with Gasteiger partial charge in [-0.05, 0) is 35.4 Å². The molecule has 2 aromatic carbocycles. The van der Waals surface area contributed by atoms with Gasteiger partial charge in [-0.2, -0.15) is 0 Å². The molecule has 2 N–H and O–H groups in total. The van der Waals surface area contributed by atoms with Crippen LogP contribution in [0.1, 0.15) is 17.2 Å². The Bertz CT molecular complexity index is 718. The average Bonchev–Trinajstić information content (AvgIpc) is 2.59. The monoisotopic (exact) mass is 348 g/mol. The van der Waals surface area contributed by atoms with E-state index in [0.717, 1.165) is 50.4 Å². The summed E-state index contributed by atoms with van der Waals surface area (Å²) in [6, 6.07) is 10.7. The van der Waals surface area contributed by atoms with Gasteiger partial charge in [0.2, 0.25) is 0 Å². The zero-order valence-electron chi connectivity index (χ0n) is 13.9. The molecule has 1 unspecified atom stereocenters. The normalized spacial score (nSPS) is 17.6. The van der Waals surface area contributed by atoms with Crippen molar-refractivity contribution in [1.82, 2.24) is 9.80 Å². The van der Waals surface area contributed by atoms with Crippen molar-refractivity contribution in [3.8, 4) is 5.75 Å². The zero-order valence-corrected chi connectivity index (χ0v) is 13.9. The number of piperazine rings is 1. The minimum atomic E-state index is -0.938. The SMILES string of the molecule is Oc1cccc(CN2CCN(CC(O)c3ccc(F)c(F)c3)CC2)c1. The van der Waals surface area contributed by atoms with E-state index in [0.29, 0.717) is 12.1 Å². The molecular formula is C19H22F2N2O2. The molecule has 1 atom stereocenters. The summed E-state index contributed by atoms with van der Waals surface area (Å²) in [6.45, 7) is 4.44. The van der Waals surface area contributed by atoms with Crippen molar-refractivity contribution in [2.24, 2.45) is 0 Å². The molecule has 0 radical (unpaired) electrons. The fourth-order valence-corrected chi connectivity index (χ4v) is 3.11. The van der Waals surface area contributed by atoms with Gasteiger partial charge in [0, 0.05) is 39.3 Å². The molecule has 0 bridgehead atoms. The van der Waals surface area contributed by atoms with Crippen LogP contribution in [0.4, 0.5) is 8.78 Å². The number of aliphatic hydroxyl groups excluding tert-OH is 1. The average molecular weight is 348 g/mol. The first-order chi connectivity index (χ1) is 12.0. The van der Waals surface area contributed by atoms with Gasteiger partial charge >= 0.3 is 0 Å². The Labute approximate surface area is 145 Å². The number of nitrogens with zero attached hydrogens (tertiary/aromatic N) is 2. The third kappa shape index (κ3) is 4.75. The predicted octanol–water partition coefficient (Wildman–Crippen LogP) is 2.52. The van der Waals surface area contributed by atoms with Crippen LogP contribution in [0.15, 0.2) is 42.5 Å². The molecule has 3 rings (SSSR count). The van der Waals surface area contributed by atoms with Crippen molar-refractivity contribution in [3.63, 3.8) is 0 Å². The van der Waals surface area contributed by atoms with E-state index in [1.807, 2.05) is 12.1 Å². The van der Waals surface area contributed by atoms with Gasteiger partial charge in [0.15, 0.2) is 11.6 Å². The maximum absolute atomic E-state index is 13.3. The molecule has 1 aliphatic heterocycles. The third-order valence-corrected chi connectivity index (χ3v) is 4.54. The van der Waals surface area contributed by atoms with Crippen LogP contribution in [0.5, 0.6) is 5.75 Å². The summed E-state index contributed by atoms with van der Waals surface area (Å²) in [6.07, 6.45) is -0.840. The fourth-order valence-electron chi connectivity index (χ4n) is 3.11. The Morgan fingerprint density at radius 1 is 0.920 bits per heavy atom. The number of aliphatic hydroxyl groups is 1. The highest BCUT2D eigenvalue weighted by atomic mass is 19.2. The molecule has 0 amide bonds. The van der Waals surface area contributed by atoms with Gasteiger partial charge in [-0.1, -0.05) is 18.2 Å². The molecule has 6 heteroatoms. The van der Waals surface area contributed by atoms with Crippen LogP contribution < -0.4 is 0 Å². The molecule has 0 saturated carbocycles. The Hall–Kier alpha value is -2.02. The number of hydrogen-bond donors (Lipinski definition) is 2. The lowest BCUT2D eigenvalue weighted by molar-refractivity contribution is 0.0699. The van der Waals surface area contributed by atoms with Crippen LogP contribution in [-0.2, 0) is 6.54 Å². The lowest BCUT2D eigenvalue weighted by Gasteiger charge is -2.35. The van der Waals surface area contributed by atoms with E-state index < -0.39 is 17.7 Å². The standard InChI is InChI=1S/C19H22F2N2O2/c20-17-5-4-15(11-18(17)21)19(25)13-23-8-6-22(7-9-23)12-14-2-1-3-16(24)10-14/h1-5,10-11,19,24-25H,6-9,12-13H2. The van der Waals surface area contributed by atoms with E-state index in [4.69, 9.17) is 0 Å². The zero-order chi connectivity index (χ0) is 17.8. The summed E-state index contributed by atoms with van der Waals surface area (Å²) >= 11 is 0. The molecule has 0 aromatic heterocycles. The molecule has 0 aliphatic carbocycles. The Balaban J connectivity index is 1.49. The van der Waals surface area contributed by atoms with E-state index in [2.05, 4.69) is 9.80 Å². The maximum atomic E-state index is 13.3. The largest absolute Gasteiger partial charge is 0.508 e. The fraction of sp³-hybridized carbons (Fsp3) is 0.368. The first-order valence-corrected chi connectivity index (χ1v) is 8.37. The van der Waals surface area contributed by atoms with Crippen molar-refractivity contribution >= 4 is 0 Å². The summed E-state index contributed by atoms with van der Waals surface area (Å²) < 4.78 is 26.3. The number of phenolic OH excluding ortho intramolecular Hbond substituents is 1. The molecule has 134 valence electrons. The van der Waals surface area contributed by atoms with Crippen LogP contribution in [0, 0.1) is 11.6 Å². The number of phenols is 1. The van der Waals surface area contributed by atoms with Crippen molar-refractivity contribution in [2.45, 2.75) is 12.6 Å². The van der Waals surface area contributed by atoms with Gasteiger partial charge in [0.1, 0.15) is 5.75 Å². The molecule has 2 aromatic rings. The second kappa shape index (κ2) is 7.91. The van der Waals surface area contributed by atoms with E-state index >= 15 is 0 Å². The number of aromatic hydroxyl groups is 1. The van der Waals surface area contributed by atoms with E-state index in [1.54, 1.807) is 12.1 Å². The Morgan fingerprint density at radius 3 is 2.32 bits per heavy atom. The highest BCUT2D eigenvalue weighted by Gasteiger charge is 2.20. The lowest BCUT2D eigenvalue weighted by atomic mass is 10.1. The molecule has 4 nitrogen and oxygen atoms in total. The van der Waals surface area contributed by atoms with Crippen LogP contribution in [-0.4, -0.2) is 52.7 Å². The number of hydrogen-bond acceptors (Lipinski definition) is 4. The molecule has 25 heavy (non-hydrogen) atoms. The molecule has 1 fully saturated rings. The van der Waals surface area contributed by atoms with Crippen LogP contribution in [0.3, 0.4) is 0 Å². The van der Waals surface area contributed by atoms with E-state index in [1.165, 1.54) is 6.07 Å². The number of benzene rings is 2. The second-order valence-corrected chi connectivity index (χ2v) is 6.44. The van der Waals surface area contributed by atoms with Gasteiger partial charge in [0.25, 0.3) is 0 Å². The first kappa shape index (κ1) is 17.8. The van der Waals surface area contributed by atoms with Crippen molar-refractivity contribution in [3.05, 3.63) is 65.2 Å². The van der Waals surface area contributed by atoms with Crippen LogP contribution in [0.25, 0.3) is 0 Å². The minimum Gasteiger partial charge on any atom is -0.508 e. The van der Waals surface area contributed by atoms with Crippen LogP contribution in [0.2, 0.25) is 0 Å². The van der Waals surface area contributed by atoms with Crippen molar-refractivity contribution < 1.29 is 19.0 Å². The summed E-state index contributed by atoms with van der Waals surface area (Å²) in [5.41, 5.74) is 1.45. The Morgan fingerprint density at radius 2 is 1.64 bits per heavy atom. The van der Waals surface area contributed by atoms with Gasteiger partial charge < -0.3 is 10.2 Å². The number of β-amino-alcohol motifs (C(OH)–C–C–N with tert-alkyl or cyclic N) is 1.